The second kappa shape index (κ2) is 8.90. The molecule has 0 saturated carbocycles. The number of aromatic amines is 1. The number of aromatic nitrogens is 4. The predicted molar refractivity (Wildman–Crippen MR) is 143 cm³/mol. The Balaban J connectivity index is 0.00000253. The van der Waals surface area contributed by atoms with Crippen LogP contribution >= 0.6 is 0 Å². The Labute approximate surface area is 217 Å². The summed E-state index contributed by atoms with van der Waals surface area (Å²) >= 11 is 0. The van der Waals surface area contributed by atoms with Crippen molar-refractivity contribution in [1.82, 2.24) is 19.5 Å². The third-order valence-corrected chi connectivity index (χ3v) is 6.76. The zero-order valence-corrected chi connectivity index (χ0v) is 23.5. The van der Waals surface area contributed by atoms with Gasteiger partial charge in [0.25, 0.3) is 0 Å². The van der Waals surface area contributed by atoms with E-state index in [2.05, 4.69) is 98.1 Å². The van der Waals surface area contributed by atoms with Crippen molar-refractivity contribution in [3.63, 3.8) is 0 Å². The van der Waals surface area contributed by atoms with Gasteiger partial charge in [0.2, 0.25) is 0 Å². The topological polar surface area (TPSA) is 46.5 Å². The van der Waals surface area contributed by atoms with Crippen molar-refractivity contribution in [3.8, 4) is 11.1 Å². The third kappa shape index (κ3) is 4.00. The smallest absolute Gasteiger partial charge is 0.0659 e. The van der Waals surface area contributed by atoms with Crippen molar-refractivity contribution >= 4 is 46.4 Å². The summed E-state index contributed by atoms with van der Waals surface area (Å²) in [6, 6.07) is 19.2. The first-order chi connectivity index (χ1) is 16.5. The molecule has 4 nitrogen and oxygen atoms in total. The minimum Gasteiger partial charge on any atom is -0.355 e. The Morgan fingerprint density at radius 1 is 0.714 bits per heavy atom. The number of nitrogens with zero attached hydrogens (tertiary/aromatic N) is 3. The van der Waals surface area contributed by atoms with Gasteiger partial charge in [0, 0.05) is 48.6 Å². The van der Waals surface area contributed by atoms with Crippen LogP contribution in [-0.2, 0) is 26.5 Å². The number of aryl methyl sites for hydroxylation is 4. The molecular formula is C30H26N4Zn. The molecule has 6 rings (SSSR count). The molecule has 168 valence electrons. The largest absolute Gasteiger partial charge is 0.355 e. The minimum atomic E-state index is 0. The molecular weight excluding hydrogens is 482 g/mol. The molecule has 4 aromatic rings. The summed E-state index contributed by atoms with van der Waals surface area (Å²) in [4.78, 5) is 13.3. The van der Waals surface area contributed by atoms with E-state index in [-0.39, 0.29) is 19.5 Å². The van der Waals surface area contributed by atoms with Crippen molar-refractivity contribution in [2.24, 2.45) is 7.05 Å². The fourth-order valence-electron chi connectivity index (χ4n) is 5.25. The Morgan fingerprint density at radius 3 is 1.97 bits per heavy atom. The fraction of sp³-hybridized carbons (Fsp3) is 0.133. The van der Waals surface area contributed by atoms with E-state index in [9.17, 15) is 0 Å². The first-order valence-corrected chi connectivity index (χ1v) is 11.6. The van der Waals surface area contributed by atoms with Crippen LogP contribution < -0.4 is 0 Å². The Kier molecular flexibility index (Phi) is 5.90. The van der Waals surface area contributed by atoms with Crippen LogP contribution in [-0.4, -0.2) is 19.5 Å². The van der Waals surface area contributed by atoms with E-state index in [0.717, 1.165) is 39.3 Å². The third-order valence-electron chi connectivity index (χ3n) is 6.76. The first kappa shape index (κ1) is 23.2. The molecule has 0 radical (unpaired) electrons. The van der Waals surface area contributed by atoms with Gasteiger partial charge < -0.3 is 9.55 Å². The number of hydrogen-bond donors (Lipinski definition) is 1. The molecule has 5 heterocycles. The molecule has 35 heavy (non-hydrogen) atoms. The zero-order valence-electron chi connectivity index (χ0n) is 20.6. The van der Waals surface area contributed by atoms with Crippen LogP contribution in [0.1, 0.15) is 39.5 Å². The fourth-order valence-corrected chi connectivity index (χ4v) is 5.25. The summed E-state index contributed by atoms with van der Waals surface area (Å²) in [5.74, 6) is 0. The van der Waals surface area contributed by atoms with Crippen LogP contribution in [0.5, 0.6) is 0 Å². The molecule has 0 spiro atoms. The van der Waals surface area contributed by atoms with Gasteiger partial charge in [0.05, 0.1) is 28.3 Å². The zero-order chi connectivity index (χ0) is 23.4. The second-order valence-corrected chi connectivity index (χ2v) is 9.09. The van der Waals surface area contributed by atoms with Gasteiger partial charge in [-0.15, -0.1) is 0 Å². The standard InChI is InChI=1S/C30H26N4.Zn/c1-18-14-26-16-24-11-10-22(31-24)15-23-12-13-25(32-23)17-27-28(21-8-6-5-7-9-21)19(2)30(34(27)4)20(3)29(18)33-26;/h5-17,33H,1-4H3;. The molecule has 0 atom stereocenters. The van der Waals surface area contributed by atoms with Gasteiger partial charge in [-0.1, -0.05) is 30.3 Å². The summed E-state index contributed by atoms with van der Waals surface area (Å²) in [6.45, 7) is 6.60. The molecule has 0 unspecified atom stereocenters. The molecule has 0 saturated heterocycles. The number of nitrogens with one attached hydrogen (secondary N) is 1. The van der Waals surface area contributed by atoms with Crippen LogP contribution in [0.4, 0.5) is 0 Å². The van der Waals surface area contributed by atoms with Gasteiger partial charge in [-0.05, 0) is 91.6 Å². The average Bonchev–Trinajstić information content (AvgIpc) is 3.58. The van der Waals surface area contributed by atoms with Crippen LogP contribution in [0.25, 0.3) is 57.5 Å². The van der Waals surface area contributed by atoms with E-state index >= 15 is 0 Å². The van der Waals surface area contributed by atoms with Gasteiger partial charge in [-0.3, -0.25) is 0 Å². The number of fused-ring (bicyclic) bond motifs is 8. The van der Waals surface area contributed by atoms with E-state index in [0.29, 0.717) is 0 Å². The molecule has 1 aromatic carbocycles. The molecule has 2 aliphatic rings. The number of H-pyrrole nitrogens is 1. The van der Waals surface area contributed by atoms with Gasteiger partial charge in [-0.25, -0.2) is 9.97 Å². The summed E-state index contributed by atoms with van der Waals surface area (Å²) in [7, 11) is 2.16. The van der Waals surface area contributed by atoms with Crippen LogP contribution in [0.3, 0.4) is 0 Å². The molecule has 8 bridgehead atoms. The summed E-state index contributed by atoms with van der Waals surface area (Å²) in [6.07, 6.45) is 8.22. The van der Waals surface area contributed by atoms with Gasteiger partial charge in [0.1, 0.15) is 0 Å². The molecule has 5 heteroatoms. The normalized spacial score (nSPS) is 12.1. The van der Waals surface area contributed by atoms with E-state index in [4.69, 9.17) is 9.97 Å². The van der Waals surface area contributed by atoms with Gasteiger partial charge in [-0.2, -0.15) is 0 Å². The number of benzene rings is 1. The van der Waals surface area contributed by atoms with Crippen LogP contribution in [0.2, 0.25) is 0 Å². The second-order valence-electron chi connectivity index (χ2n) is 9.09. The SMILES string of the molecule is Cc1cc2cc3nc(cc4nc(cc5c(-c6ccccc6)c(C)c(c(C)c1[nH]2)n5C)C=C4)C=C3.[Zn]. The first-order valence-electron chi connectivity index (χ1n) is 11.6. The molecule has 0 fully saturated rings. The summed E-state index contributed by atoms with van der Waals surface area (Å²) in [5.41, 5.74) is 14.5. The van der Waals surface area contributed by atoms with E-state index in [1.807, 2.05) is 18.2 Å². The summed E-state index contributed by atoms with van der Waals surface area (Å²) in [5, 5.41) is 0. The molecule has 0 amide bonds. The van der Waals surface area contributed by atoms with Crippen molar-refractivity contribution < 1.29 is 19.5 Å². The molecule has 2 aliphatic heterocycles. The van der Waals surface area contributed by atoms with Gasteiger partial charge >= 0.3 is 0 Å². The maximum absolute atomic E-state index is 4.87. The Bertz CT molecular complexity index is 1690. The van der Waals surface area contributed by atoms with E-state index < -0.39 is 0 Å². The van der Waals surface area contributed by atoms with Crippen molar-refractivity contribution in [2.45, 2.75) is 20.8 Å². The molecule has 0 aliphatic carbocycles. The quantitative estimate of drug-likeness (QED) is 0.238. The molecule has 1 N–H and O–H groups in total. The summed E-state index contributed by atoms with van der Waals surface area (Å²) < 4.78 is 2.31. The Morgan fingerprint density at radius 2 is 1.31 bits per heavy atom. The van der Waals surface area contributed by atoms with Crippen LogP contribution in [0, 0.1) is 20.8 Å². The van der Waals surface area contributed by atoms with E-state index in [1.165, 1.54) is 33.3 Å². The Hall–Kier alpha value is -3.56. The van der Waals surface area contributed by atoms with Gasteiger partial charge in [0.15, 0.2) is 0 Å². The average molecular weight is 508 g/mol. The number of rotatable bonds is 1. The predicted octanol–water partition coefficient (Wildman–Crippen LogP) is 7.26. The van der Waals surface area contributed by atoms with Crippen LogP contribution in [0.15, 0.2) is 54.6 Å². The van der Waals surface area contributed by atoms with Crippen molar-refractivity contribution in [1.29, 1.82) is 0 Å². The maximum atomic E-state index is 4.87. The maximum Gasteiger partial charge on any atom is 0.0659 e. The molecule has 3 aromatic heterocycles. The number of hydrogen-bond acceptors (Lipinski definition) is 2. The van der Waals surface area contributed by atoms with Crippen molar-refractivity contribution in [2.75, 3.05) is 0 Å². The monoisotopic (exact) mass is 506 g/mol. The van der Waals surface area contributed by atoms with E-state index in [1.54, 1.807) is 0 Å². The van der Waals surface area contributed by atoms with Crippen molar-refractivity contribution in [3.05, 3.63) is 94.1 Å². The minimum absolute atomic E-state index is 0.